The van der Waals surface area contributed by atoms with Gasteiger partial charge in [0, 0.05) is 6.54 Å². The van der Waals surface area contributed by atoms with E-state index in [0.29, 0.717) is 25.8 Å². The standard InChI is InChI=1S/C16H22N4O4/c17-12(8-10-3-5-11(21)6-4-10)16(24)20-7-1-2-13(20)15(23)19-9-14(18)22/h3-6,12-13,21H,1-2,7-9,17H2,(H2,18,22)(H,19,23)/t12-,13-/m0/s1. The summed E-state index contributed by atoms with van der Waals surface area (Å²) in [5, 5.41) is 11.7. The lowest BCUT2D eigenvalue weighted by molar-refractivity contribution is -0.139. The summed E-state index contributed by atoms with van der Waals surface area (Å²) in [5.41, 5.74) is 11.8. The lowest BCUT2D eigenvalue weighted by atomic mass is 10.0. The first-order valence-electron chi connectivity index (χ1n) is 7.78. The molecular weight excluding hydrogens is 312 g/mol. The minimum Gasteiger partial charge on any atom is -0.508 e. The third kappa shape index (κ3) is 4.45. The minimum atomic E-state index is -0.779. The van der Waals surface area contributed by atoms with Crippen molar-refractivity contribution in [2.24, 2.45) is 11.5 Å². The molecule has 2 rings (SSSR count). The largest absolute Gasteiger partial charge is 0.508 e. The smallest absolute Gasteiger partial charge is 0.243 e. The van der Waals surface area contributed by atoms with Crippen LogP contribution in [0, 0.1) is 0 Å². The Morgan fingerprint density at radius 2 is 1.96 bits per heavy atom. The lowest BCUT2D eigenvalue weighted by Gasteiger charge is -2.26. The Labute approximate surface area is 139 Å². The summed E-state index contributed by atoms with van der Waals surface area (Å²) in [6.45, 7) is 0.202. The van der Waals surface area contributed by atoms with Crippen molar-refractivity contribution in [2.45, 2.75) is 31.3 Å². The molecule has 0 unspecified atom stereocenters. The molecule has 1 aliphatic rings. The Morgan fingerprint density at radius 3 is 2.58 bits per heavy atom. The SMILES string of the molecule is NC(=O)CNC(=O)[C@@H]1CCCN1C(=O)[C@@H](N)Cc1ccc(O)cc1. The normalized spacial score (nSPS) is 18.2. The van der Waals surface area contributed by atoms with E-state index in [1.165, 1.54) is 17.0 Å². The molecule has 1 saturated heterocycles. The number of hydrogen-bond donors (Lipinski definition) is 4. The van der Waals surface area contributed by atoms with Crippen LogP contribution < -0.4 is 16.8 Å². The lowest BCUT2D eigenvalue weighted by Crippen LogP contribution is -2.52. The summed E-state index contributed by atoms with van der Waals surface area (Å²) in [6, 6.07) is 5.06. The van der Waals surface area contributed by atoms with E-state index >= 15 is 0 Å². The van der Waals surface area contributed by atoms with Gasteiger partial charge in [-0.25, -0.2) is 0 Å². The highest BCUT2D eigenvalue weighted by Gasteiger charge is 2.36. The van der Waals surface area contributed by atoms with Crippen molar-refractivity contribution >= 4 is 17.7 Å². The Bertz CT molecular complexity index is 617. The zero-order valence-electron chi connectivity index (χ0n) is 13.3. The van der Waals surface area contributed by atoms with Gasteiger partial charge in [-0.3, -0.25) is 14.4 Å². The second-order valence-corrected chi connectivity index (χ2v) is 5.85. The number of aromatic hydroxyl groups is 1. The van der Waals surface area contributed by atoms with Crippen LogP contribution in [0.15, 0.2) is 24.3 Å². The van der Waals surface area contributed by atoms with Crippen molar-refractivity contribution < 1.29 is 19.5 Å². The maximum atomic E-state index is 12.5. The molecule has 1 fully saturated rings. The van der Waals surface area contributed by atoms with E-state index in [2.05, 4.69) is 5.32 Å². The summed E-state index contributed by atoms with van der Waals surface area (Å²) in [6.07, 6.45) is 1.54. The topological polar surface area (TPSA) is 139 Å². The molecule has 1 aromatic rings. The zero-order chi connectivity index (χ0) is 17.7. The quantitative estimate of drug-likeness (QED) is 0.520. The molecule has 1 aliphatic heterocycles. The van der Waals surface area contributed by atoms with E-state index in [1.54, 1.807) is 12.1 Å². The van der Waals surface area contributed by atoms with Crippen molar-refractivity contribution in [2.75, 3.05) is 13.1 Å². The van der Waals surface area contributed by atoms with E-state index in [1.807, 2.05) is 0 Å². The molecule has 8 nitrogen and oxygen atoms in total. The van der Waals surface area contributed by atoms with Crippen LogP contribution in [-0.2, 0) is 20.8 Å². The molecule has 8 heteroatoms. The first kappa shape index (κ1) is 17.7. The monoisotopic (exact) mass is 334 g/mol. The van der Waals surface area contributed by atoms with Crippen molar-refractivity contribution in [3.8, 4) is 5.75 Å². The fourth-order valence-electron chi connectivity index (χ4n) is 2.78. The number of likely N-dealkylation sites (tertiary alicyclic amines) is 1. The van der Waals surface area contributed by atoms with Crippen molar-refractivity contribution in [1.82, 2.24) is 10.2 Å². The van der Waals surface area contributed by atoms with Crippen molar-refractivity contribution in [3.63, 3.8) is 0 Å². The van der Waals surface area contributed by atoms with E-state index < -0.39 is 23.9 Å². The maximum Gasteiger partial charge on any atom is 0.243 e. The second kappa shape index (κ2) is 7.78. The molecule has 0 aromatic heterocycles. The van der Waals surface area contributed by atoms with Gasteiger partial charge in [0.1, 0.15) is 11.8 Å². The Balaban J connectivity index is 1.97. The summed E-state index contributed by atoms with van der Waals surface area (Å²) < 4.78 is 0. The molecule has 0 saturated carbocycles. The average Bonchev–Trinajstić information content (AvgIpc) is 3.03. The number of carbonyl (C=O) groups excluding carboxylic acids is 3. The number of benzene rings is 1. The van der Waals surface area contributed by atoms with Gasteiger partial charge in [0.15, 0.2) is 0 Å². The van der Waals surface area contributed by atoms with Crippen LogP contribution in [-0.4, -0.2) is 52.9 Å². The molecule has 6 N–H and O–H groups in total. The summed E-state index contributed by atoms with van der Waals surface area (Å²) in [5.74, 6) is -1.19. The van der Waals surface area contributed by atoms with Gasteiger partial charge in [-0.15, -0.1) is 0 Å². The Hall–Kier alpha value is -2.61. The highest BCUT2D eigenvalue weighted by molar-refractivity contribution is 5.92. The van der Waals surface area contributed by atoms with E-state index in [4.69, 9.17) is 11.5 Å². The maximum absolute atomic E-state index is 12.5. The van der Waals surface area contributed by atoms with Gasteiger partial charge in [0.05, 0.1) is 12.6 Å². The number of primary amides is 1. The molecule has 3 amide bonds. The minimum absolute atomic E-state index is 0.143. The van der Waals surface area contributed by atoms with Crippen LogP contribution in [0.1, 0.15) is 18.4 Å². The van der Waals surface area contributed by atoms with E-state index in [9.17, 15) is 19.5 Å². The summed E-state index contributed by atoms with van der Waals surface area (Å²) >= 11 is 0. The summed E-state index contributed by atoms with van der Waals surface area (Å²) in [7, 11) is 0. The number of nitrogens with two attached hydrogens (primary N) is 2. The van der Waals surface area contributed by atoms with Gasteiger partial charge in [0.25, 0.3) is 0 Å². The fourth-order valence-corrected chi connectivity index (χ4v) is 2.78. The highest BCUT2D eigenvalue weighted by Crippen LogP contribution is 2.19. The molecule has 0 spiro atoms. The van der Waals surface area contributed by atoms with Crippen LogP contribution in [0.5, 0.6) is 5.75 Å². The number of rotatable bonds is 6. The number of phenolic OH excluding ortho intramolecular Hbond substituents is 1. The van der Waals surface area contributed by atoms with E-state index in [0.717, 1.165) is 5.56 Å². The summed E-state index contributed by atoms with van der Waals surface area (Å²) in [4.78, 5) is 36.9. The van der Waals surface area contributed by atoms with Gasteiger partial charge in [-0.1, -0.05) is 12.1 Å². The zero-order valence-corrected chi connectivity index (χ0v) is 13.3. The number of nitrogens with one attached hydrogen (secondary N) is 1. The first-order chi connectivity index (χ1) is 11.4. The van der Waals surface area contributed by atoms with Crippen LogP contribution in [0.3, 0.4) is 0 Å². The van der Waals surface area contributed by atoms with Gasteiger partial charge in [-0.05, 0) is 37.0 Å². The Morgan fingerprint density at radius 1 is 1.29 bits per heavy atom. The molecule has 0 bridgehead atoms. The Kier molecular flexibility index (Phi) is 5.75. The fraction of sp³-hybridized carbons (Fsp3) is 0.438. The molecule has 0 aliphatic carbocycles. The molecule has 130 valence electrons. The number of hydrogen-bond acceptors (Lipinski definition) is 5. The number of nitrogens with zero attached hydrogens (tertiary/aromatic N) is 1. The number of carbonyl (C=O) groups is 3. The third-order valence-electron chi connectivity index (χ3n) is 3.98. The second-order valence-electron chi connectivity index (χ2n) is 5.85. The van der Waals surface area contributed by atoms with Crippen molar-refractivity contribution in [1.29, 1.82) is 0 Å². The third-order valence-corrected chi connectivity index (χ3v) is 3.98. The predicted molar refractivity (Wildman–Crippen MR) is 86.7 cm³/mol. The predicted octanol–water partition coefficient (Wildman–Crippen LogP) is -1.15. The molecular formula is C16H22N4O4. The number of phenols is 1. The molecule has 2 atom stereocenters. The van der Waals surface area contributed by atoms with Crippen LogP contribution in [0.25, 0.3) is 0 Å². The van der Waals surface area contributed by atoms with Crippen molar-refractivity contribution in [3.05, 3.63) is 29.8 Å². The van der Waals surface area contributed by atoms with Crippen LogP contribution in [0.2, 0.25) is 0 Å². The van der Waals surface area contributed by atoms with Crippen LogP contribution in [0.4, 0.5) is 0 Å². The molecule has 0 radical (unpaired) electrons. The molecule has 1 heterocycles. The van der Waals surface area contributed by atoms with Gasteiger partial charge in [-0.2, -0.15) is 0 Å². The molecule has 1 aromatic carbocycles. The average molecular weight is 334 g/mol. The van der Waals surface area contributed by atoms with Gasteiger partial charge >= 0.3 is 0 Å². The van der Waals surface area contributed by atoms with Gasteiger partial charge in [0.2, 0.25) is 17.7 Å². The van der Waals surface area contributed by atoms with Crippen LogP contribution >= 0.6 is 0 Å². The molecule has 24 heavy (non-hydrogen) atoms. The first-order valence-corrected chi connectivity index (χ1v) is 7.78. The van der Waals surface area contributed by atoms with E-state index in [-0.39, 0.29) is 18.2 Å². The van der Waals surface area contributed by atoms with Gasteiger partial charge < -0.3 is 26.8 Å². The number of amides is 3. The highest BCUT2D eigenvalue weighted by atomic mass is 16.3.